The van der Waals surface area contributed by atoms with Gasteiger partial charge in [0.15, 0.2) is 0 Å². The van der Waals surface area contributed by atoms with E-state index in [1.165, 1.54) is 0 Å². The number of aliphatic imine (C=N–C) groups is 1. The Balaban J connectivity index is 2.53. The summed E-state index contributed by atoms with van der Waals surface area (Å²) >= 11 is 5.88. The number of benzene rings is 1. The summed E-state index contributed by atoms with van der Waals surface area (Å²) in [6.07, 6.45) is 2.72. The Kier molecular flexibility index (Phi) is 12.9. The predicted octanol–water partition coefficient (Wildman–Crippen LogP) is 4.21. The Labute approximate surface area is 192 Å². The topological polar surface area (TPSA) is 108 Å². The first-order valence-corrected chi connectivity index (χ1v) is 13.5. The summed E-state index contributed by atoms with van der Waals surface area (Å²) in [5.74, 6) is -0.0461. The summed E-state index contributed by atoms with van der Waals surface area (Å²) in [5.41, 5.74) is 12.8. The zero-order valence-electron chi connectivity index (χ0n) is 19.1. The summed E-state index contributed by atoms with van der Waals surface area (Å²) in [7, 11) is -0.111. The number of hydrogen-bond acceptors (Lipinski definition) is 5. The second kappa shape index (κ2) is 14.5. The quantitative estimate of drug-likeness (QED) is 0.139. The molecule has 0 fully saturated rings. The third-order valence-electron chi connectivity index (χ3n) is 4.71. The van der Waals surface area contributed by atoms with E-state index in [9.17, 15) is 9.59 Å². The number of carbonyl (C=O) groups is 2. The normalized spacial score (nSPS) is 14.0. The van der Waals surface area contributed by atoms with Crippen LogP contribution in [0.5, 0.6) is 0 Å². The molecule has 6 nitrogen and oxygen atoms in total. The van der Waals surface area contributed by atoms with Crippen LogP contribution in [-0.2, 0) is 20.9 Å². The molecule has 0 bridgehead atoms. The number of amidine groups is 1. The summed E-state index contributed by atoms with van der Waals surface area (Å²) in [6, 6.07) is 6.52. The monoisotopic (exact) mass is 469 g/mol. The lowest BCUT2D eigenvalue weighted by molar-refractivity contribution is -0.152. The molecule has 31 heavy (non-hydrogen) atoms. The van der Waals surface area contributed by atoms with Gasteiger partial charge in [-0.3, -0.25) is 14.6 Å². The average molecular weight is 470 g/mol. The van der Waals surface area contributed by atoms with Gasteiger partial charge < -0.3 is 16.2 Å². The second-order valence-corrected chi connectivity index (χ2v) is 11.5. The Morgan fingerprint density at radius 1 is 1.19 bits per heavy atom. The number of nitrogens with zero attached hydrogens (tertiary/aromatic N) is 1. The number of rotatable bonds is 14. The van der Waals surface area contributed by atoms with Crippen molar-refractivity contribution in [3.8, 4) is 0 Å². The predicted molar refractivity (Wildman–Crippen MR) is 131 cm³/mol. The van der Waals surface area contributed by atoms with E-state index in [-0.39, 0.29) is 38.6 Å². The molecule has 1 aromatic carbocycles. The summed E-state index contributed by atoms with van der Waals surface area (Å²) in [5, 5.41) is 0.626. The zero-order chi connectivity index (χ0) is 23.4. The first kappa shape index (κ1) is 27.5. The molecular formula is C23H37ClN3O3P. The molecule has 0 amide bonds. The number of ketones is 1. The van der Waals surface area contributed by atoms with E-state index in [1.807, 2.05) is 26.0 Å². The van der Waals surface area contributed by atoms with Crippen molar-refractivity contribution in [3.63, 3.8) is 0 Å². The molecule has 8 heteroatoms. The Hall–Kier alpha value is -1.49. The third kappa shape index (κ3) is 12.2. The van der Waals surface area contributed by atoms with E-state index in [4.69, 9.17) is 27.8 Å². The van der Waals surface area contributed by atoms with Gasteiger partial charge in [0.2, 0.25) is 0 Å². The second-order valence-electron chi connectivity index (χ2n) is 8.59. The fourth-order valence-corrected chi connectivity index (χ4v) is 4.02. The molecule has 2 atom stereocenters. The standard InChI is InChI=1S/C23H37ClN3O3P/c1-16(2)12-18(23(29)30-14-17-7-9-19(24)10-8-17)13-21(28)20(25)6-5-11-27-22(26)15-31(3)4/h7-10,16,18,20H,5-6,11-15,25H2,1-4H3,(H2,26,27)/t18-,20-/m1/s1. The maximum atomic E-state index is 12.6. The summed E-state index contributed by atoms with van der Waals surface area (Å²) in [6.45, 7) is 9.06. The van der Waals surface area contributed by atoms with Crippen LogP contribution in [0, 0.1) is 11.8 Å². The fraction of sp³-hybridized carbons (Fsp3) is 0.609. The molecule has 1 rings (SSSR count). The molecule has 0 saturated carbocycles. The maximum Gasteiger partial charge on any atom is 0.309 e. The minimum Gasteiger partial charge on any atom is -0.461 e. The summed E-state index contributed by atoms with van der Waals surface area (Å²) < 4.78 is 5.46. The molecule has 0 spiro atoms. The molecule has 0 aromatic heterocycles. The lowest BCUT2D eigenvalue weighted by Gasteiger charge is -2.19. The van der Waals surface area contributed by atoms with Crippen molar-refractivity contribution >= 4 is 37.1 Å². The maximum absolute atomic E-state index is 12.6. The highest BCUT2D eigenvalue weighted by Gasteiger charge is 2.26. The van der Waals surface area contributed by atoms with E-state index < -0.39 is 12.0 Å². The van der Waals surface area contributed by atoms with Gasteiger partial charge in [-0.15, -0.1) is 7.92 Å². The van der Waals surface area contributed by atoms with Gasteiger partial charge in [-0.25, -0.2) is 0 Å². The van der Waals surface area contributed by atoms with Crippen LogP contribution in [0.3, 0.4) is 0 Å². The van der Waals surface area contributed by atoms with Crippen molar-refractivity contribution in [2.75, 3.05) is 26.0 Å². The highest BCUT2D eigenvalue weighted by Crippen LogP contribution is 2.23. The number of esters is 1. The smallest absolute Gasteiger partial charge is 0.309 e. The van der Waals surface area contributed by atoms with E-state index in [0.29, 0.717) is 36.7 Å². The van der Waals surface area contributed by atoms with Crippen molar-refractivity contribution in [2.45, 2.75) is 52.2 Å². The van der Waals surface area contributed by atoms with Gasteiger partial charge in [-0.05, 0) is 56.2 Å². The highest BCUT2D eigenvalue weighted by atomic mass is 35.5. The van der Waals surface area contributed by atoms with Crippen LogP contribution in [0.15, 0.2) is 29.3 Å². The fourth-order valence-electron chi connectivity index (χ4n) is 3.15. The van der Waals surface area contributed by atoms with E-state index in [0.717, 1.165) is 11.7 Å². The molecule has 0 heterocycles. The Morgan fingerprint density at radius 2 is 1.84 bits per heavy atom. The minimum atomic E-state index is -0.607. The molecule has 0 aliphatic rings. The molecule has 0 unspecified atom stereocenters. The van der Waals surface area contributed by atoms with E-state index in [2.05, 4.69) is 18.3 Å². The van der Waals surface area contributed by atoms with Gasteiger partial charge in [0.25, 0.3) is 0 Å². The zero-order valence-corrected chi connectivity index (χ0v) is 20.8. The van der Waals surface area contributed by atoms with Crippen LogP contribution >= 0.6 is 19.5 Å². The number of ether oxygens (including phenoxy) is 1. The average Bonchev–Trinajstić information content (AvgIpc) is 2.68. The largest absolute Gasteiger partial charge is 0.461 e. The van der Waals surface area contributed by atoms with Crippen LogP contribution in [0.25, 0.3) is 0 Å². The Morgan fingerprint density at radius 3 is 2.42 bits per heavy atom. The molecule has 4 N–H and O–H groups in total. The van der Waals surface area contributed by atoms with Crippen LogP contribution < -0.4 is 11.5 Å². The lowest BCUT2D eigenvalue weighted by Crippen LogP contribution is -2.34. The number of Topliss-reactive ketones (excluding diaryl/α,β-unsaturated/α-hetero) is 1. The van der Waals surface area contributed by atoms with Gasteiger partial charge in [0.1, 0.15) is 12.4 Å². The Bertz CT molecular complexity index is 723. The van der Waals surface area contributed by atoms with Gasteiger partial charge in [-0.2, -0.15) is 0 Å². The van der Waals surface area contributed by atoms with E-state index in [1.54, 1.807) is 12.1 Å². The van der Waals surface area contributed by atoms with Crippen LogP contribution in [0.4, 0.5) is 0 Å². The number of nitrogens with two attached hydrogens (primary N) is 2. The highest BCUT2D eigenvalue weighted by molar-refractivity contribution is 7.57. The minimum absolute atomic E-state index is 0.0974. The van der Waals surface area contributed by atoms with E-state index >= 15 is 0 Å². The first-order valence-electron chi connectivity index (χ1n) is 10.7. The molecular weight excluding hydrogens is 433 g/mol. The first-order chi connectivity index (χ1) is 14.6. The molecule has 1 aromatic rings. The van der Waals surface area contributed by atoms with Gasteiger partial charge in [-0.1, -0.05) is 37.6 Å². The van der Waals surface area contributed by atoms with Crippen molar-refractivity contribution in [1.82, 2.24) is 0 Å². The number of hydrogen-bond donors (Lipinski definition) is 2. The molecule has 0 saturated heterocycles. The molecule has 0 aliphatic carbocycles. The van der Waals surface area contributed by atoms with Gasteiger partial charge >= 0.3 is 5.97 Å². The van der Waals surface area contributed by atoms with Crippen molar-refractivity contribution in [1.29, 1.82) is 0 Å². The van der Waals surface area contributed by atoms with Gasteiger partial charge in [0, 0.05) is 24.2 Å². The number of carbonyl (C=O) groups excluding carboxylic acids is 2. The van der Waals surface area contributed by atoms with Crippen LogP contribution in [-0.4, -0.2) is 49.7 Å². The van der Waals surface area contributed by atoms with Crippen LogP contribution in [0.1, 0.15) is 45.1 Å². The third-order valence-corrected chi connectivity index (χ3v) is 5.92. The van der Waals surface area contributed by atoms with Crippen molar-refractivity contribution < 1.29 is 14.3 Å². The SMILES string of the molecule is CC(C)C[C@H](CC(=O)[C@H](N)CCCN=C(N)CP(C)C)C(=O)OCc1ccc(Cl)cc1. The molecule has 174 valence electrons. The van der Waals surface area contributed by atoms with Crippen molar-refractivity contribution in [3.05, 3.63) is 34.9 Å². The van der Waals surface area contributed by atoms with Gasteiger partial charge in [0.05, 0.1) is 17.8 Å². The number of halogens is 1. The molecule has 0 radical (unpaired) electrons. The lowest BCUT2D eigenvalue weighted by atomic mass is 9.90. The summed E-state index contributed by atoms with van der Waals surface area (Å²) in [4.78, 5) is 29.6. The van der Waals surface area contributed by atoms with Crippen LogP contribution in [0.2, 0.25) is 5.02 Å². The van der Waals surface area contributed by atoms with Crippen molar-refractivity contribution in [2.24, 2.45) is 28.3 Å². The molecule has 0 aliphatic heterocycles.